The van der Waals surface area contributed by atoms with Crippen LogP contribution in [0.5, 0.6) is 0 Å². The predicted octanol–water partition coefficient (Wildman–Crippen LogP) is 1.87. The molecule has 0 bridgehead atoms. The lowest BCUT2D eigenvalue weighted by atomic mass is 9.80. The average molecular weight is 266 g/mol. The number of nitrogens with zero attached hydrogens (tertiary/aromatic N) is 2. The molecule has 0 atom stereocenters. The molecule has 0 aliphatic heterocycles. The van der Waals surface area contributed by atoms with Crippen LogP contribution in [0.4, 0.5) is 0 Å². The molecule has 5 nitrogen and oxygen atoms in total. The van der Waals surface area contributed by atoms with Gasteiger partial charge in [0.2, 0.25) is 5.91 Å². The van der Waals surface area contributed by atoms with E-state index in [2.05, 4.69) is 10.8 Å². The maximum atomic E-state index is 12.6. The average Bonchev–Trinajstić information content (AvgIpc) is 2.70. The number of methoxy groups -OCH3 is 1. The molecule has 0 aromatic carbocycles. The van der Waals surface area contributed by atoms with Gasteiger partial charge in [0.25, 0.3) is 0 Å². The van der Waals surface area contributed by atoms with Crippen molar-refractivity contribution < 1.29 is 14.3 Å². The van der Waals surface area contributed by atoms with E-state index in [1.54, 1.807) is 0 Å². The summed E-state index contributed by atoms with van der Waals surface area (Å²) in [5.74, 6) is -0.665. The van der Waals surface area contributed by atoms with Crippen LogP contribution in [-0.4, -0.2) is 37.0 Å². The van der Waals surface area contributed by atoms with E-state index in [0.29, 0.717) is 19.4 Å². The van der Waals surface area contributed by atoms with Gasteiger partial charge in [0.05, 0.1) is 13.2 Å². The molecule has 1 aliphatic rings. The normalized spacial score (nSPS) is 17.9. The molecule has 19 heavy (non-hydrogen) atoms. The zero-order valence-corrected chi connectivity index (χ0v) is 11.8. The Morgan fingerprint density at radius 2 is 1.84 bits per heavy atom. The molecular weight excluding hydrogens is 244 g/mol. The quantitative estimate of drug-likeness (QED) is 0.575. The van der Waals surface area contributed by atoms with Crippen LogP contribution in [0.1, 0.15) is 45.4 Å². The topological polar surface area (TPSA) is 70.4 Å². The largest absolute Gasteiger partial charge is 0.468 e. The van der Waals surface area contributed by atoms with E-state index in [-0.39, 0.29) is 12.5 Å². The third-order valence-corrected chi connectivity index (χ3v) is 3.80. The van der Waals surface area contributed by atoms with Crippen LogP contribution in [-0.2, 0) is 14.3 Å². The summed E-state index contributed by atoms with van der Waals surface area (Å²) in [5.41, 5.74) is -0.944. The summed E-state index contributed by atoms with van der Waals surface area (Å²) >= 11 is 0. The van der Waals surface area contributed by atoms with Crippen LogP contribution < -0.4 is 0 Å². The fourth-order valence-electron chi connectivity index (χ4n) is 2.56. The SMILES string of the molecule is CCN(CC(=O)OC)C(=O)C1(C#N)CCCCCC1. The van der Waals surface area contributed by atoms with Gasteiger partial charge < -0.3 is 9.64 Å². The van der Waals surface area contributed by atoms with E-state index in [1.807, 2.05) is 6.92 Å². The molecule has 0 spiro atoms. The molecule has 1 saturated carbocycles. The number of likely N-dealkylation sites (N-methyl/N-ethyl adjacent to an activating group) is 1. The maximum absolute atomic E-state index is 12.6. The Hall–Kier alpha value is -1.57. The van der Waals surface area contributed by atoms with E-state index in [0.717, 1.165) is 25.7 Å². The summed E-state index contributed by atoms with van der Waals surface area (Å²) < 4.78 is 4.60. The van der Waals surface area contributed by atoms with Gasteiger partial charge in [-0.05, 0) is 19.8 Å². The molecule has 1 aliphatic carbocycles. The highest BCUT2D eigenvalue weighted by Crippen LogP contribution is 2.36. The lowest BCUT2D eigenvalue weighted by molar-refractivity contribution is -0.150. The van der Waals surface area contributed by atoms with Crippen LogP contribution >= 0.6 is 0 Å². The number of nitriles is 1. The predicted molar refractivity (Wildman–Crippen MR) is 70.0 cm³/mol. The molecule has 5 heteroatoms. The first kappa shape index (κ1) is 15.5. The van der Waals surface area contributed by atoms with E-state index in [4.69, 9.17) is 0 Å². The molecule has 0 radical (unpaired) electrons. The van der Waals surface area contributed by atoms with Crippen molar-refractivity contribution in [3.63, 3.8) is 0 Å². The van der Waals surface area contributed by atoms with Gasteiger partial charge in [-0.25, -0.2) is 0 Å². The number of hydrogen-bond donors (Lipinski definition) is 0. The number of ether oxygens (including phenoxy) is 1. The standard InChI is InChI=1S/C14H22N2O3/c1-3-16(10-12(17)19-2)13(18)14(11-15)8-6-4-5-7-9-14/h3-10H2,1-2H3. The highest BCUT2D eigenvalue weighted by Gasteiger charge is 2.41. The molecule has 0 N–H and O–H groups in total. The minimum Gasteiger partial charge on any atom is -0.468 e. The molecule has 0 saturated heterocycles. The Labute approximate surface area is 114 Å². The first-order valence-electron chi connectivity index (χ1n) is 6.87. The van der Waals surface area contributed by atoms with Gasteiger partial charge in [-0.15, -0.1) is 0 Å². The van der Waals surface area contributed by atoms with Crippen LogP contribution in [0.2, 0.25) is 0 Å². The van der Waals surface area contributed by atoms with Gasteiger partial charge in [-0.2, -0.15) is 5.26 Å². The van der Waals surface area contributed by atoms with Crippen molar-refractivity contribution >= 4 is 11.9 Å². The zero-order valence-electron chi connectivity index (χ0n) is 11.8. The molecule has 0 aromatic rings. The van der Waals surface area contributed by atoms with Crippen LogP contribution in [0.3, 0.4) is 0 Å². The van der Waals surface area contributed by atoms with Crippen molar-refractivity contribution in [2.45, 2.75) is 45.4 Å². The van der Waals surface area contributed by atoms with Crippen molar-refractivity contribution in [2.24, 2.45) is 5.41 Å². The minimum absolute atomic E-state index is 0.0741. The van der Waals surface area contributed by atoms with Crippen molar-refractivity contribution in [3.05, 3.63) is 0 Å². The van der Waals surface area contributed by atoms with Gasteiger partial charge in [0.15, 0.2) is 0 Å². The van der Waals surface area contributed by atoms with Crippen LogP contribution in [0.15, 0.2) is 0 Å². The van der Waals surface area contributed by atoms with Crippen LogP contribution in [0, 0.1) is 16.7 Å². The third kappa shape index (κ3) is 3.69. The Balaban J connectivity index is 2.86. The van der Waals surface area contributed by atoms with Crippen molar-refractivity contribution in [1.29, 1.82) is 5.26 Å². The Kier molecular flexibility index (Phi) is 5.81. The molecule has 1 fully saturated rings. The zero-order chi connectivity index (χ0) is 14.3. The van der Waals surface area contributed by atoms with Crippen LogP contribution in [0.25, 0.3) is 0 Å². The summed E-state index contributed by atoms with van der Waals surface area (Å²) in [7, 11) is 1.30. The summed E-state index contributed by atoms with van der Waals surface area (Å²) in [5, 5.41) is 9.46. The second-order valence-corrected chi connectivity index (χ2v) is 5.00. The van der Waals surface area contributed by atoms with Gasteiger partial charge >= 0.3 is 5.97 Å². The Bertz CT molecular complexity index is 365. The molecule has 106 valence electrons. The molecule has 0 unspecified atom stereocenters. The van der Waals surface area contributed by atoms with E-state index < -0.39 is 11.4 Å². The molecule has 1 amide bonds. The smallest absolute Gasteiger partial charge is 0.325 e. The highest BCUT2D eigenvalue weighted by molar-refractivity contribution is 5.88. The fourth-order valence-corrected chi connectivity index (χ4v) is 2.56. The van der Waals surface area contributed by atoms with E-state index in [1.165, 1.54) is 12.0 Å². The van der Waals surface area contributed by atoms with Crippen molar-refractivity contribution in [2.75, 3.05) is 20.2 Å². The molecule has 0 aromatic heterocycles. The lowest BCUT2D eigenvalue weighted by Gasteiger charge is -2.30. The molecular formula is C14H22N2O3. The van der Waals surface area contributed by atoms with Gasteiger partial charge in [0.1, 0.15) is 12.0 Å². The maximum Gasteiger partial charge on any atom is 0.325 e. The van der Waals surface area contributed by atoms with Crippen molar-refractivity contribution in [1.82, 2.24) is 4.90 Å². The third-order valence-electron chi connectivity index (χ3n) is 3.80. The summed E-state index contributed by atoms with van der Waals surface area (Å²) in [6, 6.07) is 2.22. The number of carbonyl (C=O) groups excluding carboxylic acids is 2. The Morgan fingerprint density at radius 3 is 2.26 bits per heavy atom. The summed E-state index contributed by atoms with van der Waals surface area (Å²) in [6.45, 7) is 2.15. The van der Waals surface area contributed by atoms with Crippen molar-refractivity contribution in [3.8, 4) is 6.07 Å². The minimum atomic E-state index is -0.944. The monoisotopic (exact) mass is 266 g/mol. The summed E-state index contributed by atoms with van der Waals surface area (Å²) in [4.78, 5) is 25.3. The van der Waals surface area contributed by atoms with E-state index >= 15 is 0 Å². The number of hydrogen-bond acceptors (Lipinski definition) is 4. The first-order valence-corrected chi connectivity index (χ1v) is 6.87. The number of rotatable bonds is 4. The van der Waals surface area contributed by atoms with Gasteiger partial charge in [-0.3, -0.25) is 9.59 Å². The molecule has 0 heterocycles. The van der Waals surface area contributed by atoms with E-state index in [9.17, 15) is 14.9 Å². The van der Waals surface area contributed by atoms with Gasteiger partial charge in [-0.1, -0.05) is 25.7 Å². The molecule has 1 rings (SSSR count). The second-order valence-electron chi connectivity index (χ2n) is 5.00. The number of esters is 1. The number of amides is 1. The second kappa shape index (κ2) is 7.13. The highest BCUT2D eigenvalue weighted by atomic mass is 16.5. The number of carbonyl (C=O) groups is 2. The first-order chi connectivity index (χ1) is 9.09. The van der Waals surface area contributed by atoms with Gasteiger partial charge in [0, 0.05) is 6.54 Å². The fraction of sp³-hybridized carbons (Fsp3) is 0.786. The summed E-state index contributed by atoms with van der Waals surface area (Å²) in [6.07, 6.45) is 5.13. The lowest BCUT2D eigenvalue weighted by Crippen LogP contribution is -2.45. The Morgan fingerprint density at radius 1 is 1.26 bits per heavy atom.